The minimum Gasteiger partial charge on any atom is -0.509 e. The Labute approximate surface area is 492 Å². The Morgan fingerprint density at radius 2 is 1.02 bits per heavy atom. The maximum absolute atomic E-state index is 16.8. The first-order valence-corrected chi connectivity index (χ1v) is 27.3. The summed E-state index contributed by atoms with van der Waals surface area (Å²) in [5, 5.41) is 2.01. The molecule has 0 saturated heterocycles. The molecule has 0 aliphatic carbocycles. The molecule has 1 aliphatic heterocycles. The van der Waals surface area contributed by atoms with Crippen LogP contribution in [0.15, 0.2) is 146 Å². The average molecular weight is 1280 g/mol. The number of halogens is 5. The van der Waals surface area contributed by atoms with E-state index in [1.807, 2.05) is 136 Å². The molecule has 0 atom stereocenters. The number of nitrogens with zero attached hydrogens (tertiary/aromatic N) is 4. The predicted octanol–water partition coefficient (Wildman–Crippen LogP) is 20.2. The van der Waals surface area contributed by atoms with Crippen molar-refractivity contribution in [2.45, 2.75) is 112 Å². The first-order chi connectivity index (χ1) is 38.2. The van der Waals surface area contributed by atoms with Crippen LogP contribution in [0.5, 0.6) is 11.5 Å². The van der Waals surface area contributed by atoms with E-state index in [1.165, 1.54) is 0 Å². The molecule has 0 fully saturated rings. The molecular formula is C71H64F5N4OPt-3. The fourth-order valence-electron chi connectivity index (χ4n) is 10.8. The molecule has 0 radical (unpaired) electrons. The van der Waals surface area contributed by atoms with Crippen molar-refractivity contribution in [1.82, 2.24) is 9.55 Å². The summed E-state index contributed by atoms with van der Waals surface area (Å²) in [4.78, 5) is 8.58. The van der Waals surface area contributed by atoms with Gasteiger partial charge in [0.2, 0.25) is 5.82 Å². The molecule has 10 aromatic rings. The van der Waals surface area contributed by atoms with Gasteiger partial charge in [0.15, 0.2) is 23.3 Å². The van der Waals surface area contributed by atoms with Crippen LogP contribution >= 0.6 is 0 Å². The molecule has 11 heteroatoms. The van der Waals surface area contributed by atoms with Crippen molar-refractivity contribution in [3.8, 4) is 50.7 Å². The van der Waals surface area contributed by atoms with Crippen LogP contribution in [0.3, 0.4) is 0 Å². The molecule has 2 aromatic heterocycles. The van der Waals surface area contributed by atoms with Gasteiger partial charge in [0.25, 0.3) is 0 Å². The summed E-state index contributed by atoms with van der Waals surface area (Å²) in [6.07, 6.45) is 1.84. The molecule has 0 unspecified atom stereocenters. The van der Waals surface area contributed by atoms with E-state index in [1.54, 1.807) is 17.6 Å². The van der Waals surface area contributed by atoms with Gasteiger partial charge in [-0.3, -0.25) is 0 Å². The Morgan fingerprint density at radius 3 is 1.66 bits per heavy atom. The van der Waals surface area contributed by atoms with E-state index in [0.717, 1.165) is 61.0 Å². The molecule has 8 aromatic carbocycles. The van der Waals surface area contributed by atoms with E-state index in [9.17, 15) is 0 Å². The van der Waals surface area contributed by atoms with Gasteiger partial charge in [-0.2, -0.15) is 6.07 Å². The fraction of sp³-hybridized carbons (Fsp3) is 0.239. The number of aryl methyl sites for hydroxylation is 1. The molecule has 3 heterocycles. The minimum absolute atomic E-state index is 0. The third-order valence-corrected chi connectivity index (χ3v) is 15.5. The number of ether oxygens (including phenoxy) is 1. The van der Waals surface area contributed by atoms with Crippen LogP contribution < -0.4 is 14.5 Å². The first-order valence-electron chi connectivity index (χ1n) is 27.3. The molecule has 0 amide bonds. The predicted molar refractivity (Wildman–Crippen MR) is 320 cm³/mol. The molecular weight excluding hydrogens is 1210 g/mol. The van der Waals surface area contributed by atoms with E-state index < -0.39 is 40.1 Å². The molecule has 0 N–H and O–H groups in total. The summed E-state index contributed by atoms with van der Waals surface area (Å²) in [7, 11) is 0. The van der Waals surface area contributed by atoms with Gasteiger partial charge in [-0.15, -0.1) is 53.6 Å². The zero-order valence-corrected chi connectivity index (χ0v) is 50.6. The molecule has 0 bridgehead atoms. The van der Waals surface area contributed by atoms with Crippen molar-refractivity contribution in [2.75, 3.05) is 9.80 Å². The van der Waals surface area contributed by atoms with Crippen LogP contribution in [-0.2, 0) is 42.7 Å². The Balaban J connectivity index is 0.00000753. The van der Waals surface area contributed by atoms with Crippen molar-refractivity contribution in [3.05, 3.63) is 221 Å². The summed E-state index contributed by atoms with van der Waals surface area (Å²) in [6.45, 7) is 28.9. The maximum Gasteiger partial charge on any atom is 0.200 e. The molecule has 422 valence electrons. The third-order valence-electron chi connectivity index (χ3n) is 15.5. The van der Waals surface area contributed by atoms with E-state index >= 15 is 22.0 Å². The number of pyridine rings is 1. The van der Waals surface area contributed by atoms with Gasteiger partial charge in [-0.1, -0.05) is 161 Å². The zero-order valence-electron chi connectivity index (χ0n) is 48.3. The number of benzene rings is 8. The number of aromatic nitrogens is 2. The molecule has 0 spiro atoms. The van der Waals surface area contributed by atoms with Gasteiger partial charge in [0.05, 0.1) is 5.56 Å². The number of fused-ring (bicyclic) bond motifs is 4. The smallest absolute Gasteiger partial charge is 0.200 e. The number of anilines is 4. The van der Waals surface area contributed by atoms with Crippen molar-refractivity contribution in [2.24, 2.45) is 0 Å². The van der Waals surface area contributed by atoms with Gasteiger partial charge in [0, 0.05) is 72.5 Å². The molecule has 0 saturated carbocycles. The van der Waals surface area contributed by atoms with Crippen molar-refractivity contribution in [3.63, 3.8) is 0 Å². The van der Waals surface area contributed by atoms with Gasteiger partial charge >= 0.3 is 0 Å². The van der Waals surface area contributed by atoms with Crippen LogP contribution in [0.1, 0.15) is 111 Å². The Bertz CT molecular complexity index is 4090. The Hall–Kier alpha value is -7.55. The van der Waals surface area contributed by atoms with Crippen molar-refractivity contribution < 1.29 is 47.8 Å². The van der Waals surface area contributed by atoms with Crippen LogP contribution in [-0.4, -0.2) is 9.55 Å². The largest absolute Gasteiger partial charge is 0.509 e. The van der Waals surface area contributed by atoms with Crippen molar-refractivity contribution in [1.29, 1.82) is 0 Å². The Kier molecular flexibility index (Phi) is 14.8. The van der Waals surface area contributed by atoms with E-state index in [0.29, 0.717) is 45.3 Å². The monoisotopic (exact) mass is 1280 g/mol. The quantitative estimate of drug-likeness (QED) is 0.0657. The Morgan fingerprint density at radius 1 is 0.476 bits per heavy atom. The number of hydrogen-bond donors (Lipinski definition) is 0. The van der Waals surface area contributed by atoms with E-state index in [2.05, 4.69) is 115 Å². The van der Waals surface area contributed by atoms with Crippen molar-refractivity contribution >= 4 is 44.6 Å². The summed E-state index contributed by atoms with van der Waals surface area (Å²) in [5.74, 6) is -8.61. The first kappa shape index (κ1) is 57.7. The molecule has 5 nitrogen and oxygen atoms in total. The van der Waals surface area contributed by atoms with Gasteiger partial charge in [-0.25, -0.2) is 26.9 Å². The number of rotatable bonds is 8. The normalized spacial score (nSPS) is 13.0. The fourth-order valence-corrected chi connectivity index (χ4v) is 10.8. The van der Waals surface area contributed by atoms with Gasteiger partial charge in [-0.05, 0) is 115 Å². The SMILES string of the molecule is Cc1ccccc1-c1cc(Oc2[c-]c3c(cc2)c2ccccc2n3-c2cc(C(C)(C)C)ccn2)[c-]c(N2[CH-]N(c3c(-c4cc(C(C)(C)C)cc(C(C)(C)C)c4)cc(C(C)(C)C)cc3-c3c(F)c(F)c(F)c(F)c3F)c3ccccc32)c1.[Pt]. The second kappa shape index (κ2) is 21.0. The van der Waals surface area contributed by atoms with E-state index in [-0.39, 0.29) is 48.6 Å². The summed E-state index contributed by atoms with van der Waals surface area (Å²) >= 11 is 0. The standard InChI is InChI=1S/C71H64F5N4O.Pt/c1-41-20-14-15-21-51(41)43-32-48(38-50(33-43)81-49-26-27-53-52-22-16-17-23-56(52)80(59(53)39-49)60-37-44(28-29-77-60)68(2,3)4)78-40-79(58-25-19-18-24-57(58)78)67-54(42-30-45(69(5,6)7)34-46(31-42)70(8,9)10)35-47(71(11,12)13)36-55(67)61-62(72)64(74)66(76)65(75)63(61)73;/h14-37,40H,1-13H3;/q-3;. The minimum atomic E-state index is -2.23. The van der Waals surface area contributed by atoms with Crippen LogP contribution in [0.2, 0.25) is 0 Å². The second-order valence-corrected chi connectivity index (χ2v) is 25.4. The average Bonchev–Trinajstić information content (AvgIpc) is 2.70. The van der Waals surface area contributed by atoms with Crippen LogP contribution in [0.25, 0.3) is 61.0 Å². The summed E-state index contributed by atoms with van der Waals surface area (Å²) in [5.41, 5.74) is 8.78. The zero-order chi connectivity index (χ0) is 57.8. The second-order valence-electron chi connectivity index (χ2n) is 25.4. The van der Waals surface area contributed by atoms with E-state index in [4.69, 9.17) is 9.72 Å². The number of hydrogen-bond acceptors (Lipinski definition) is 4. The topological polar surface area (TPSA) is 33.5 Å². The van der Waals surface area contributed by atoms with Gasteiger partial charge < -0.3 is 19.1 Å². The number of para-hydroxylation sites is 3. The summed E-state index contributed by atoms with van der Waals surface area (Å²) in [6, 6.07) is 52.9. The summed E-state index contributed by atoms with van der Waals surface area (Å²) < 4.78 is 89.1. The van der Waals surface area contributed by atoms with Gasteiger partial charge in [0.1, 0.15) is 5.82 Å². The molecule has 1 aliphatic rings. The third kappa shape index (κ3) is 10.4. The van der Waals surface area contributed by atoms with Crippen LogP contribution in [0, 0.1) is 54.8 Å². The maximum atomic E-state index is 16.8. The van der Waals surface area contributed by atoms with Crippen LogP contribution in [0.4, 0.5) is 44.7 Å². The molecule has 11 rings (SSSR count). The molecule has 82 heavy (non-hydrogen) atoms.